The molecule has 1 aromatic rings. The van der Waals surface area contributed by atoms with E-state index >= 15 is 0 Å². The van der Waals surface area contributed by atoms with Crippen molar-refractivity contribution in [1.29, 1.82) is 0 Å². The summed E-state index contributed by atoms with van der Waals surface area (Å²) in [6.45, 7) is 3.68. The summed E-state index contributed by atoms with van der Waals surface area (Å²) in [5.74, 6) is 0. The van der Waals surface area contributed by atoms with Crippen LogP contribution in [0.25, 0.3) is 0 Å². The van der Waals surface area contributed by atoms with Crippen LogP contribution in [0.4, 0.5) is 0 Å². The van der Waals surface area contributed by atoms with Crippen LogP contribution in [-0.2, 0) is 0 Å². The summed E-state index contributed by atoms with van der Waals surface area (Å²) in [7, 11) is 0. The Kier molecular flexibility index (Phi) is 2.11. The fraction of sp³-hybridized carbons (Fsp3) is 0.333. The van der Waals surface area contributed by atoms with Crippen LogP contribution in [0.15, 0.2) is 0 Å². The van der Waals surface area contributed by atoms with Gasteiger partial charge in [-0.25, -0.2) is 9.97 Å². The third-order valence-corrected chi connectivity index (χ3v) is 1.85. The molecule has 0 fully saturated rings. The molecule has 0 amide bonds. The average Bonchev–Trinajstić information content (AvgIpc) is 1.84. The Labute approximate surface area is 69.2 Å². The summed E-state index contributed by atoms with van der Waals surface area (Å²) in [4.78, 5) is 7.89. The highest BCUT2D eigenvalue weighted by Crippen LogP contribution is 2.17. The molecule has 54 valence electrons. The highest BCUT2D eigenvalue weighted by molar-refractivity contribution is 6.40. The van der Waals surface area contributed by atoms with Crippen molar-refractivity contribution < 1.29 is 0 Å². The molecular formula is C6H6Cl2N2. The lowest BCUT2D eigenvalue weighted by Crippen LogP contribution is -1.92. The summed E-state index contributed by atoms with van der Waals surface area (Å²) >= 11 is 11.2. The highest BCUT2D eigenvalue weighted by atomic mass is 35.5. The van der Waals surface area contributed by atoms with Gasteiger partial charge in [-0.1, -0.05) is 23.2 Å². The first-order valence-corrected chi connectivity index (χ1v) is 3.53. The van der Waals surface area contributed by atoms with Crippen LogP contribution >= 0.6 is 23.2 Å². The molecule has 0 N–H and O–H groups in total. The molecule has 1 aromatic heterocycles. The first-order valence-electron chi connectivity index (χ1n) is 2.77. The number of hydrogen-bond donors (Lipinski definition) is 0. The van der Waals surface area contributed by atoms with Crippen LogP contribution in [0.1, 0.15) is 11.4 Å². The maximum Gasteiger partial charge on any atom is 0.166 e. The Morgan fingerprint density at radius 3 is 1.50 bits per heavy atom. The van der Waals surface area contributed by atoms with Gasteiger partial charge in [-0.3, -0.25) is 0 Å². The minimum atomic E-state index is 0.268. The Bertz CT molecular complexity index is 210. The largest absolute Gasteiger partial charge is 0.236 e. The summed E-state index contributed by atoms with van der Waals surface area (Å²) in [5, 5.41) is 0.537. The van der Waals surface area contributed by atoms with Crippen molar-refractivity contribution in [2.45, 2.75) is 13.8 Å². The molecule has 0 saturated carbocycles. The monoisotopic (exact) mass is 176 g/mol. The Morgan fingerprint density at radius 1 is 0.900 bits per heavy atom. The van der Waals surface area contributed by atoms with Crippen molar-refractivity contribution in [2.24, 2.45) is 0 Å². The summed E-state index contributed by atoms with van der Waals surface area (Å²) < 4.78 is 0. The van der Waals surface area contributed by atoms with Crippen molar-refractivity contribution in [1.82, 2.24) is 9.97 Å². The van der Waals surface area contributed by atoms with E-state index in [1.807, 2.05) is 13.8 Å². The molecule has 0 aromatic carbocycles. The molecule has 2 nitrogen and oxygen atoms in total. The summed E-state index contributed by atoms with van der Waals surface area (Å²) in [5.41, 5.74) is 1.63. The van der Waals surface area contributed by atoms with Crippen LogP contribution in [0.5, 0.6) is 0 Å². The topological polar surface area (TPSA) is 25.8 Å². The molecule has 0 atom stereocenters. The summed E-state index contributed by atoms with van der Waals surface area (Å²) in [6, 6.07) is 0. The van der Waals surface area contributed by atoms with E-state index in [1.54, 1.807) is 0 Å². The molecule has 0 radical (unpaired) electrons. The van der Waals surface area contributed by atoms with E-state index in [-0.39, 0.29) is 10.3 Å². The molecule has 1 rings (SSSR count). The first-order chi connectivity index (χ1) is 4.61. The van der Waals surface area contributed by atoms with Crippen molar-refractivity contribution in [2.75, 3.05) is 0 Å². The van der Waals surface area contributed by atoms with Crippen molar-refractivity contribution in [3.05, 3.63) is 21.7 Å². The van der Waals surface area contributed by atoms with Gasteiger partial charge in [0, 0.05) is 0 Å². The fourth-order valence-corrected chi connectivity index (χ4v) is 0.887. The van der Waals surface area contributed by atoms with Gasteiger partial charge in [0.2, 0.25) is 0 Å². The van der Waals surface area contributed by atoms with Gasteiger partial charge in [0.15, 0.2) is 10.3 Å². The lowest BCUT2D eigenvalue weighted by molar-refractivity contribution is 1.05. The van der Waals surface area contributed by atoms with Crippen LogP contribution in [0.2, 0.25) is 10.3 Å². The quantitative estimate of drug-likeness (QED) is 0.607. The Balaban J connectivity index is 3.28. The van der Waals surface area contributed by atoms with Gasteiger partial charge in [-0.15, -0.1) is 0 Å². The first kappa shape index (κ1) is 7.76. The second-order valence-electron chi connectivity index (χ2n) is 1.98. The van der Waals surface area contributed by atoms with E-state index in [0.717, 1.165) is 11.4 Å². The van der Waals surface area contributed by atoms with Crippen LogP contribution in [0.3, 0.4) is 0 Å². The fourth-order valence-electron chi connectivity index (χ4n) is 0.549. The van der Waals surface area contributed by atoms with Crippen LogP contribution in [-0.4, -0.2) is 9.97 Å². The van der Waals surface area contributed by atoms with E-state index < -0.39 is 0 Å². The molecule has 1 heterocycles. The standard InChI is InChI=1S/C6H6Cl2N2/c1-3-4(2)10-6(8)5(7)9-3/h1-2H3. The third-order valence-electron chi connectivity index (χ3n) is 1.23. The van der Waals surface area contributed by atoms with E-state index in [2.05, 4.69) is 9.97 Å². The maximum atomic E-state index is 5.58. The normalized spacial score (nSPS) is 10.0. The van der Waals surface area contributed by atoms with Crippen molar-refractivity contribution in [3.8, 4) is 0 Å². The smallest absolute Gasteiger partial charge is 0.166 e. The van der Waals surface area contributed by atoms with Crippen LogP contribution < -0.4 is 0 Å². The van der Waals surface area contributed by atoms with Crippen LogP contribution in [0, 0.1) is 13.8 Å². The molecule has 0 aliphatic carbocycles. The van der Waals surface area contributed by atoms with E-state index in [1.165, 1.54) is 0 Å². The van der Waals surface area contributed by atoms with Crippen molar-refractivity contribution >= 4 is 23.2 Å². The van der Waals surface area contributed by atoms with Gasteiger partial charge >= 0.3 is 0 Å². The number of rotatable bonds is 0. The van der Waals surface area contributed by atoms with E-state index in [9.17, 15) is 0 Å². The molecule has 0 aliphatic rings. The number of halogens is 2. The Hall–Kier alpha value is -0.340. The van der Waals surface area contributed by atoms with Gasteiger partial charge in [0.25, 0.3) is 0 Å². The lowest BCUT2D eigenvalue weighted by Gasteiger charge is -1.98. The van der Waals surface area contributed by atoms with Crippen molar-refractivity contribution in [3.63, 3.8) is 0 Å². The molecule has 10 heavy (non-hydrogen) atoms. The lowest BCUT2D eigenvalue weighted by atomic mass is 10.4. The molecule has 0 aliphatic heterocycles. The molecule has 0 saturated heterocycles. The SMILES string of the molecule is Cc1nc(Cl)c(Cl)nc1C. The van der Waals surface area contributed by atoms with Gasteiger partial charge in [0.05, 0.1) is 11.4 Å². The molecule has 4 heteroatoms. The zero-order valence-corrected chi connectivity index (χ0v) is 7.16. The summed E-state index contributed by atoms with van der Waals surface area (Å²) in [6.07, 6.45) is 0. The second kappa shape index (κ2) is 2.72. The Morgan fingerprint density at radius 2 is 1.20 bits per heavy atom. The van der Waals surface area contributed by atoms with Gasteiger partial charge in [-0.05, 0) is 13.8 Å². The number of hydrogen-bond acceptors (Lipinski definition) is 2. The average molecular weight is 177 g/mol. The number of nitrogens with zero attached hydrogens (tertiary/aromatic N) is 2. The second-order valence-corrected chi connectivity index (χ2v) is 2.69. The number of aryl methyl sites for hydroxylation is 2. The molecular weight excluding hydrogens is 171 g/mol. The molecule has 0 unspecified atom stereocenters. The molecule has 0 bridgehead atoms. The zero-order chi connectivity index (χ0) is 7.72. The minimum absolute atomic E-state index is 0.268. The van der Waals surface area contributed by atoms with Gasteiger partial charge in [-0.2, -0.15) is 0 Å². The predicted molar refractivity (Wildman–Crippen MR) is 41.5 cm³/mol. The van der Waals surface area contributed by atoms with Gasteiger partial charge in [0.1, 0.15) is 0 Å². The van der Waals surface area contributed by atoms with E-state index in [0.29, 0.717) is 0 Å². The van der Waals surface area contributed by atoms with Gasteiger partial charge < -0.3 is 0 Å². The van der Waals surface area contributed by atoms with E-state index in [4.69, 9.17) is 23.2 Å². The predicted octanol–water partition coefficient (Wildman–Crippen LogP) is 2.40. The zero-order valence-electron chi connectivity index (χ0n) is 5.65. The number of aromatic nitrogens is 2. The highest BCUT2D eigenvalue weighted by Gasteiger charge is 2.02. The minimum Gasteiger partial charge on any atom is -0.236 e. The maximum absolute atomic E-state index is 5.58. The third kappa shape index (κ3) is 1.39. The molecule has 0 spiro atoms.